The van der Waals surface area contributed by atoms with Crippen LogP contribution in [0.15, 0.2) is 18.2 Å². The molecule has 88 valence electrons. The summed E-state index contributed by atoms with van der Waals surface area (Å²) in [5, 5.41) is 8.93. The minimum atomic E-state index is 0.300. The highest BCUT2D eigenvalue weighted by atomic mass is 16.3. The van der Waals surface area contributed by atoms with Gasteiger partial charge >= 0.3 is 0 Å². The summed E-state index contributed by atoms with van der Waals surface area (Å²) in [6.45, 7) is 4.45. The van der Waals surface area contributed by atoms with Crippen LogP contribution in [0.2, 0.25) is 0 Å². The van der Waals surface area contributed by atoms with E-state index in [1.165, 1.54) is 12.1 Å². The maximum absolute atomic E-state index is 8.93. The molecule has 0 aromatic heterocycles. The van der Waals surface area contributed by atoms with Crippen molar-refractivity contribution in [2.45, 2.75) is 19.8 Å². The predicted molar refractivity (Wildman–Crippen MR) is 67.6 cm³/mol. The summed E-state index contributed by atoms with van der Waals surface area (Å²) in [6.07, 6.45) is 2.09. The molecule has 1 heterocycles. The molecule has 3 N–H and O–H groups in total. The number of nitrogen functional groups attached to an aromatic ring is 1. The number of nitrogens with two attached hydrogens (primary N) is 1. The highest BCUT2D eigenvalue weighted by molar-refractivity contribution is 5.60. The van der Waals surface area contributed by atoms with E-state index in [1.807, 2.05) is 6.92 Å². The molecular formula is C13H20N2O. The lowest BCUT2D eigenvalue weighted by atomic mass is 10.1. The van der Waals surface area contributed by atoms with E-state index in [4.69, 9.17) is 10.8 Å². The van der Waals surface area contributed by atoms with Gasteiger partial charge in [0.2, 0.25) is 0 Å². The van der Waals surface area contributed by atoms with Gasteiger partial charge in [-0.15, -0.1) is 0 Å². The Hall–Kier alpha value is -1.22. The third-order valence-electron chi connectivity index (χ3n) is 3.45. The molecule has 3 nitrogen and oxygen atoms in total. The average Bonchev–Trinajstić information content (AvgIpc) is 2.71. The average molecular weight is 220 g/mol. The summed E-state index contributed by atoms with van der Waals surface area (Å²) in [5.74, 6) is 0.632. The van der Waals surface area contributed by atoms with Gasteiger partial charge in [0.1, 0.15) is 0 Å². The molecule has 1 aliphatic heterocycles. The highest BCUT2D eigenvalue weighted by Gasteiger charge is 2.22. The Kier molecular flexibility index (Phi) is 3.34. The number of aliphatic hydroxyl groups is 1. The monoisotopic (exact) mass is 220 g/mol. The molecule has 0 saturated carbocycles. The highest BCUT2D eigenvalue weighted by Crippen LogP contribution is 2.27. The van der Waals surface area contributed by atoms with Crippen molar-refractivity contribution in [1.29, 1.82) is 0 Å². The molecule has 16 heavy (non-hydrogen) atoms. The zero-order valence-corrected chi connectivity index (χ0v) is 9.82. The largest absolute Gasteiger partial charge is 0.398 e. The van der Waals surface area contributed by atoms with Crippen LogP contribution in [0.3, 0.4) is 0 Å². The number of benzene rings is 1. The van der Waals surface area contributed by atoms with Crippen molar-refractivity contribution in [3.63, 3.8) is 0 Å². The lowest BCUT2D eigenvalue weighted by molar-refractivity contribution is 0.263. The van der Waals surface area contributed by atoms with Crippen LogP contribution in [0.1, 0.15) is 18.4 Å². The minimum absolute atomic E-state index is 0.300. The molecule has 3 heteroatoms. The molecule has 0 aliphatic carbocycles. The maximum Gasteiger partial charge on any atom is 0.0434 e. The normalized spacial score (nSPS) is 20.4. The molecule has 0 amide bonds. The first-order valence-electron chi connectivity index (χ1n) is 5.92. The van der Waals surface area contributed by atoms with Gasteiger partial charge in [-0.25, -0.2) is 0 Å². The number of nitrogens with zero attached hydrogens (tertiary/aromatic N) is 1. The smallest absolute Gasteiger partial charge is 0.0434 e. The lowest BCUT2D eigenvalue weighted by Gasteiger charge is -2.19. The zero-order chi connectivity index (χ0) is 11.5. The molecule has 1 saturated heterocycles. The molecule has 1 unspecified atom stereocenters. The Morgan fingerprint density at radius 2 is 2.31 bits per heavy atom. The zero-order valence-electron chi connectivity index (χ0n) is 9.82. The quantitative estimate of drug-likeness (QED) is 0.763. The van der Waals surface area contributed by atoms with E-state index >= 15 is 0 Å². The molecule has 1 fully saturated rings. The van der Waals surface area contributed by atoms with Crippen molar-refractivity contribution in [1.82, 2.24) is 0 Å². The molecule has 0 spiro atoms. The third kappa shape index (κ3) is 2.30. The Morgan fingerprint density at radius 1 is 1.50 bits per heavy atom. The lowest BCUT2D eigenvalue weighted by Crippen LogP contribution is -2.20. The second-order valence-electron chi connectivity index (χ2n) is 4.65. The summed E-state index contributed by atoms with van der Waals surface area (Å²) in [6, 6.07) is 6.26. The predicted octanol–water partition coefficient (Wildman–Crippen LogP) is 1.79. The van der Waals surface area contributed by atoms with Crippen molar-refractivity contribution >= 4 is 11.4 Å². The van der Waals surface area contributed by atoms with Crippen molar-refractivity contribution in [3.8, 4) is 0 Å². The topological polar surface area (TPSA) is 49.5 Å². The summed E-state index contributed by atoms with van der Waals surface area (Å²) in [5.41, 5.74) is 9.12. The third-order valence-corrected chi connectivity index (χ3v) is 3.45. The maximum atomic E-state index is 8.93. The number of aryl methyl sites for hydroxylation is 1. The second-order valence-corrected chi connectivity index (χ2v) is 4.65. The van der Waals surface area contributed by atoms with E-state index in [1.54, 1.807) is 0 Å². The molecule has 1 atom stereocenters. The number of aliphatic hydroxyl groups excluding tert-OH is 1. The Balaban J connectivity index is 2.05. The first-order valence-corrected chi connectivity index (χ1v) is 5.92. The number of hydrogen-bond donors (Lipinski definition) is 2. The molecule has 0 bridgehead atoms. The van der Waals surface area contributed by atoms with Crippen molar-refractivity contribution < 1.29 is 5.11 Å². The van der Waals surface area contributed by atoms with Gasteiger partial charge in [0, 0.05) is 31.1 Å². The molecule has 1 aromatic rings. The molecular weight excluding hydrogens is 200 g/mol. The Bertz CT molecular complexity index is 365. The fourth-order valence-corrected chi connectivity index (χ4v) is 2.31. The summed E-state index contributed by atoms with van der Waals surface area (Å²) < 4.78 is 0. The van der Waals surface area contributed by atoms with E-state index < -0.39 is 0 Å². The number of hydrogen-bond acceptors (Lipinski definition) is 3. The van der Waals surface area contributed by atoms with Crippen molar-refractivity contribution in [2.75, 3.05) is 30.3 Å². The molecule has 1 aromatic carbocycles. The van der Waals surface area contributed by atoms with Gasteiger partial charge in [-0.05, 0) is 43.4 Å². The van der Waals surface area contributed by atoms with Crippen molar-refractivity contribution in [3.05, 3.63) is 23.8 Å². The van der Waals surface area contributed by atoms with E-state index in [-0.39, 0.29) is 0 Å². The van der Waals surface area contributed by atoms with Gasteiger partial charge in [-0.1, -0.05) is 6.07 Å². The van der Waals surface area contributed by atoms with Crippen LogP contribution in [0.25, 0.3) is 0 Å². The minimum Gasteiger partial charge on any atom is -0.398 e. The van der Waals surface area contributed by atoms with Gasteiger partial charge in [-0.3, -0.25) is 0 Å². The van der Waals surface area contributed by atoms with Crippen molar-refractivity contribution in [2.24, 2.45) is 5.92 Å². The van der Waals surface area contributed by atoms with Gasteiger partial charge < -0.3 is 15.7 Å². The van der Waals surface area contributed by atoms with Crippen LogP contribution in [0, 0.1) is 12.8 Å². The van der Waals surface area contributed by atoms with Gasteiger partial charge in [0.15, 0.2) is 0 Å². The van der Waals surface area contributed by atoms with Gasteiger partial charge in [-0.2, -0.15) is 0 Å². The molecule has 2 rings (SSSR count). The number of anilines is 2. The first kappa shape index (κ1) is 11.3. The van der Waals surface area contributed by atoms with Crippen LogP contribution >= 0.6 is 0 Å². The fraction of sp³-hybridized carbons (Fsp3) is 0.538. The van der Waals surface area contributed by atoms with Gasteiger partial charge in [0.25, 0.3) is 0 Å². The standard InChI is InChI=1S/C13H20N2O/c1-10-2-3-12(8-13(10)14)15-6-4-11(9-15)5-7-16/h2-3,8,11,16H,4-7,9,14H2,1H3. The molecule has 0 radical (unpaired) electrons. The van der Waals surface area contributed by atoms with E-state index in [0.717, 1.165) is 30.8 Å². The number of rotatable bonds is 3. The Morgan fingerprint density at radius 3 is 3.00 bits per heavy atom. The van der Waals surface area contributed by atoms with E-state index in [0.29, 0.717) is 12.5 Å². The fourth-order valence-electron chi connectivity index (χ4n) is 2.31. The van der Waals surface area contributed by atoms with Crippen LogP contribution in [0.4, 0.5) is 11.4 Å². The van der Waals surface area contributed by atoms with Crippen LogP contribution in [-0.2, 0) is 0 Å². The Labute approximate surface area is 96.9 Å². The first-order chi connectivity index (χ1) is 7.70. The van der Waals surface area contributed by atoms with Gasteiger partial charge in [0.05, 0.1) is 0 Å². The van der Waals surface area contributed by atoms with Crippen LogP contribution in [-0.4, -0.2) is 24.8 Å². The van der Waals surface area contributed by atoms with E-state index in [2.05, 4.69) is 23.1 Å². The summed E-state index contributed by atoms with van der Waals surface area (Å²) >= 11 is 0. The second kappa shape index (κ2) is 4.74. The van der Waals surface area contributed by atoms with E-state index in [9.17, 15) is 0 Å². The molecule has 1 aliphatic rings. The van der Waals surface area contributed by atoms with Crippen LogP contribution < -0.4 is 10.6 Å². The summed E-state index contributed by atoms with van der Waals surface area (Å²) in [4.78, 5) is 2.36. The van der Waals surface area contributed by atoms with Crippen LogP contribution in [0.5, 0.6) is 0 Å². The SMILES string of the molecule is Cc1ccc(N2CCC(CCO)C2)cc1N. The summed E-state index contributed by atoms with van der Waals surface area (Å²) in [7, 11) is 0.